The number of nitrogens with one attached hydrogen (secondary N) is 2. The first kappa shape index (κ1) is 11.9. The number of fused-ring (bicyclic) bond motifs is 1. The molecule has 6 heteroatoms. The number of aromatic nitrogens is 2. The largest absolute Gasteiger partial charge is 0.477 e. The Morgan fingerprint density at radius 3 is 2.47 bits per heavy atom. The average molecular weight is 313 g/mol. The topological polar surface area (TPSA) is 68.9 Å². The average Bonchev–Trinajstić information content (AvgIpc) is 2.90. The van der Waals surface area contributed by atoms with Crippen molar-refractivity contribution in [1.29, 1.82) is 0 Å². The molecule has 0 amide bonds. The van der Waals surface area contributed by atoms with Gasteiger partial charge in [0.1, 0.15) is 5.69 Å². The molecular formula is C11H9BrN2O2S. The van der Waals surface area contributed by atoms with E-state index in [0.29, 0.717) is 0 Å². The van der Waals surface area contributed by atoms with Crippen LogP contribution in [0.15, 0.2) is 40.4 Å². The van der Waals surface area contributed by atoms with Crippen molar-refractivity contribution in [1.82, 2.24) is 9.97 Å². The van der Waals surface area contributed by atoms with Gasteiger partial charge in [-0.25, -0.2) is 4.79 Å². The summed E-state index contributed by atoms with van der Waals surface area (Å²) >= 11 is 4.83. The molecule has 3 N–H and O–H groups in total. The zero-order chi connectivity index (χ0) is 12.3. The Labute approximate surface area is 109 Å². The quantitative estimate of drug-likeness (QED) is 0.641. The lowest BCUT2D eigenvalue weighted by atomic mass is 10.4. The molecule has 0 radical (unpaired) electrons. The van der Waals surface area contributed by atoms with E-state index >= 15 is 0 Å². The van der Waals surface area contributed by atoms with Gasteiger partial charge in [-0.05, 0) is 40.2 Å². The maximum Gasteiger partial charge on any atom is 0.352 e. The van der Waals surface area contributed by atoms with Gasteiger partial charge in [0.2, 0.25) is 0 Å². The minimum Gasteiger partial charge on any atom is -0.477 e. The van der Waals surface area contributed by atoms with E-state index in [0.717, 1.165) is 14.0 Å². The zero-order valence-corrected chi connectivity index (χ0v) is 11.0. The number of hydrogen-bond donors (Lipinski definition) is 3. The van der Waals surface area contributed by atoms with Crippen molar-refractivity contribution in [2.75, 3.05) is 0 Å². The molecule has 0 saturated carbocycles. The summed E-state index contributed by atoms with van der Waals surface area (Å²) in [6, 6.07) is 7.39. The van der Waals surface area contributed by atoms with E-state index in [9.17, 15) is 4.79 Å². The minimum absolute atomic E-state index is 0.240. The maximum absolute atomic E-state index is 10.5. The summed E-state index contributed by atoms with van der Waals surface area (Å²) < 4.78 is 1.96. The molecular weight excluding hydrogens is 304 g/mol. The zero-order valence-electron chi connectivity index (χ0n) is 8.61. The van der Waals surface area contributed by atoms with E-state index in [1.165, 1.54) is 11.3 Å². The molecule has 0 fully saturated rings. The summed E-state index contributed by atoms with van der Waals surface area (Å²) in [6.45, 7) is 0. The van der Waals surface area contributed by atoms with E-state index in [2.05, 4.69) is 25.9 Å². The molecule has 0 unspecified atom stereocenters. The van der Waals surface area contributed by atoms with Crippen LogP contribution in [0.1, 0.15) is 10.5 Å². The van der Waals surface area contributed by atoms with Crippen molar-refractivity contribution in [3.63, 3.8) is 0 Å². The number of carboxylic acids is 1. The number of halogens is 1. The van der Waals surface area contributed by atoms with Crippen LogP contribution in [0.3, 0.4) is 0 Å². The summed E-state index contributed by atoms with van der Waals surface area (Å²) in [5.74, 6) is -0.922. The highest BCUT2D eigenvalue weighted by molar-refractivity contribution is 9.11. The van der Waals surface area contributed by atoms with Crippen molar-refractivity contribution in [2.45, 2.75) is 0 Å². The van der Waals surface area contributed by atoms with Crippen molar-refractivity contribution in [3.8, 4) is 0 Å². The monoisotopic (exact) mass is 312 g/mol. The van der Waals surface area contributed by atoms with E-state index in [1.807, 2.05) is 30.6 Å². The number of thiophene rings is 1. The van der Waals surface area contributed by atoms with Crippen molar-refractivity contribution in [3.05, 3.63) is 46.1 Å². The molecule has 88 valence electrons. The Morgan fingerprint density at radius 2 is 2.00 bits per heavy atom. The molecule has 0 atom stereocenters. The Hall–Kier alpha value is -1.53. The van der Waals surface area contributed by atoms with Crippen molar-refractivity contribution < 1.29 is 9.90 Å². The number of rotatable bonds is 1. The lowest BCUT2D eigenvalue weighted by Gasteiger charge is -1.83. The Bertz CT molecular complexity index is 564. The lowest BCUT2D eigenvalue weighted by molar-refractivity contribution is 0.0691. The molecule has 17 heavy (non-hydrogen) atoms. The fraction of sp³-hybridized carbons (Fsp3) is 0. The molecule has 3 aromatic heterocycles. The van der Waals surface area contributed by atoms with Gasteiger partial charge in [0.05, 0.1) is 14.0 Å². The first-order valence-corrected chi connectivity index (χ1v) is 6.37. The van der Waals surface area contributed by atoms with Gasteiger partial charge in [0, 0.05) is 12.4 Å². The number of carbonyl (C=O) groups is 1. The van der Waals surface area contributed by atoms with Crippen LogP contribution in [0.4, 0.5) is 0 Å². The van der Waals surface area contributed by atoms with Gasteiger partial charge in [0.25, 0.3) is 0 Å². The van der Waals surface area contributed by atoms with Gasteiger partial charge in [-0.1, -0.05) is 0 Å². The minimum atomic E-state index is -0.922. The summed E-state index contributed by atoms with van der Waals surface area (Å²) in [5.41, 5.74) is 1.10. The molecule has 3 rings (SSSR count). The number of hydrogen-bond acceptors (Lipinski definition) is 2. The summed E-state index contributed by atoms with van der Waals surface area (Å²) in [4.78, 5) is 16.2. The van der Waals surface area contributed by atoms with E-state index in [1.54, 1.807) is 6.07 Å². The van der Waals surface area contributed by atoms with Crippen LogP contribution in [-0.2, 0) is 0 Å². The van der Waals surface area contributed by atoms with Gasteiger partial charge < -0.3 is 15.1 Å². The van der Waals surface area contributed by atoms with Gasteiger partial charge in [-0.3, -0.25) is 0 Å². The molecule has 0 aliphatic rings. The SMILES string of the molecule is O=C(O)c1cc2sc(Br)cc2[nH]1.c1cc[nH]c1. The van der Waals surface area contributed by atoms with Gasteiger partial charge >= 0.3 is 5.97 Å². The van der Waals surface area contributed by atoms with Crippen LogP contribution < -0.4 is 0 Å². The fourth-order valence-corrected chi connectivity index (χ4v) is 2.82. The summed E-state index contributed by atoms with van der Waals surface area (Å²) in [7, 11) is 0. The predicted octanol–water partition coefficient (Wildman–Crippen LogP) is 3.70. The van der Waals surface area contributed by atoms with Crippen molar-refractivity contribution in [2.24, 2.45) is 0 Å². The van der Waals surface area contributed by atoms with Gasteiger partial charge in [0.15, 0.2) is 0 Å². The Kier molecular flexibility index (Phi) is 3.65. The molecule has 0 saturated heterocycles. The van der Waals surface area contributed by atoms with Crippen LogP contribution in [-0.4, -0.2) is 21.0 Å². The van der Waals surface area contributed by atoms with Gasteiger partial charge in [-0.15, -0.1) is 11.3 Å². The first-order chi connectivity index (χ1) is 8.16. The highest BCUT2D eigenvalue weighted by atomic mass is 79.9. The van der Waals surface area contributed by atoms with E-state index in [-0.39, 0.29) is 5.69 Å². The van der Waals surface area contributed by atoms with Crippen LogP contribution in [0.5, 0.6) is 0 Å². The molecule has 0 aliphatic heterocycles. The molecule has 3 aromatic rings. The first-order valence-electron chi connectivity index (χ1n) is 4.76. The Morgan fingerprint density at radius 1 is 1.29 bits per heavy atom. The number of aromatic carboxylic acids is 1. The third kappa shape index (κ3) is 2.98. The van der Waals surface area contributed by atoms with Crippen LogP contribution in [0.2, 0.25) is 0 Å². The second-order valence-corrected chi connectivity index (χ2v) is 5.66. The van der Waals surface area contributed by atoms with Gasteiger partial charge in [-0.2, -0.15) is 0 Å². The molecule has 3 heterocycles. The second kappa shape index (κ2) is 5.20. The summed E-state index contributed by atoms with van der Waals surface area (Å²) in [5, 5.41) is 8.64. The maximum atomic E-state index is 10.5. The molecule has 0 aliphatic carbocycles. The third-order valence-corrected chi connectivity index (χ3v) is 3.59. The normalized spacial score (nSPS) is 9.94. The number of aromatic amines is 2. The third-order valence-electron chi connectivity index (χ3n) is 2.00. The van der Waals surface area contributed by atoms with Crippen LogP contribution in [0.25, 0.3) is 10.2 Å². The molecule has 0 bridgehead atoms. The van der Waals surface area contributed by atoms with E-state index < -0.39 is 5.97 Å². The highest BCUT2D eigenvalue weighted by Gasteiger charge is 2.08. The fourth-order valence-electron chi connectivity index (χ4n) is 1.28. The number of H-pyrrole nitrogens is 2. The van der Waals surface area contributed by atoms with Crippen LogP contribution in [0, 0.1) is 0 Å². The van der Waals surface area contributed by atoms with E-state index in [4.69, 9.17) is 5.11 Å². The smallest absolute Gasteiger partial charge is 0.352 e. The standard InChI is InChI=1S/C7H4BrNO2S.C4H5N/c8-6-2-3-5(12-6)1-4(9-3)7(10)11;1-2-4-5-3-1/h1-2,9H,(H,10,11);1-5H. The number of carboxylic acid groups (broad SMARTS) is 1. The molecule has 4 nitrogen and oxygen atoms in total. The predicted molar refractivity (Wildman–Crippen MR) is 71.6 cm³/mol. The second-order valence-electron chi connectivity index (χ2n) is 3.20. The summed E-state index contributed by atoms with van der Waals surface area (Å²) in [6.07, 6.45) is 3.75. The van der Waals surface area contributed by atoms with Crippen molar-refractivity contribution >= 4 is 43.5 Å². The Balaban J connectivity index is 0.000000181. The molecule has 0 aromatic carbocycles. The lowest BCUT2D eigenvalue weighted by Crippen LogP contribution is -1.94. The molecule has 0 spiro atoms. The highest BCUT2D eigenvalue weighted by Crippen LogP contribution is 2.29. The van der Waals surface area contributed by atoms with Crippen LogP contribution >= 0.6 is 27.3 Å².